The minimum Gasteiger partial charge on any atom is -0.0842 e. The van der Waals surface area contributed by atoms with Crippen molar-refractivity contribution in [2.45, 2.75) is 10.7 Å². The minimum absolute atomic E-state index is 0.563. The molecule has 1 aromatic rings. The monoisotopic (exact) mass is 312 g/mol. The van der Waals surface area contributed by atoms with Crippen LogP contribution in [0, 0.1) is 0 Å². The first-order valence-corrected chi connectivity index (χ1v) is 5.63. The van der Waals surface area contributed by atoms with Crippen LogP contribution in [0.4, 0.5) is 0 Å². The molecule has 14 heavy (non-hydrogen) atoms. The molecule has 0 saturated heterocycles. The first-order valence-electron chi connectivity index (χ1n) is 3.37. The molecular formula is C8H6Cl6. The number of hydrogen-bond donors (Lipinski definition) is 0. The summed E-state index contributed by atoms with van der Waals surface area (Å²) in [7, 11) is 0. The van der Waals surface area contributed by atoms with E-state index in [0.29, 0.717) is 15.1 Å². The highest BCUT2D eigenvalue weighted by molar-refractivity contribution is 6.67. The molecule has 0 aliphatic carbocycles. The van der Waals surface area contributed by atoms with Crippen LogP contribution >= 0.6 is 69.6 Å². The Labute approximate surface area is 113 Å². The summed E-state index contributed by atoms with van der Waals surface area (Å²) in [5.41, 5.74) is 0. The summed E-state index contributed by atoms with van der Waals surface area (Å²) in [5, 5.41) is 1.69. The van der Waals surface area contributed by atoms with Gasteiger partial charge in [-0.3, -0.25) is 0 Å². The van der Waals surface area contributed by atoms with Gasteiger partial charge in [-0.05, 0) is 25.1 Å². The Morgan fingerprint density at radius 2 is 0.929 bits per heavy atom. The van der Waals surface area contributed by atoms with E-state index in [0.717, 1.165) is 0 Å². The van der Waals surface area contributed by atoms with Crippen LogP contribution in [0.15, 0.2) is 18.2 Å². The number of alkyl halides is 3. The van der Waals surface area contributed by atoms with E-state index in [2.05, 4.69) is 0 Å². The summed E-state index contributed by atoms with van der Waals surface area (Å²) in [4.78, 5) is 0. The van der Waals surface area contributed by atoms with E-state index in [1.54, 1.807) is 18.2 Å². The van der Waals surface area contributed by atoms with E-state index >= 15 is 0 Å². The van der Waals surface area contributed by atoms with Crippen LogP contribution < -0.4 is 0 Å². The summed E-state index contributed by atoms with van der Waals surface area (Å²) >= 11 is 31.9. The lowest BCUT2D eigenvalue weighted by molar-refractivity contribution is 1.27. The third-order valence-electron chi connectivity index (χ3n) is 0.827. The predicted molar refractivity (Wildman–Crippen MR) is 67.4 cm³/mol. The van der Waals surface area contributed by atoms with Crippen molar-refractivity contribution in [2.75, 3.05) is 0 Å². The Morgan fingerprint density at radius 3 is 1.07 bits per heavy atom. The van der Waals surface area contributed by atoms with Crippen LogP contribution in [0.1, 0.15) is 6.92 Å². The molecule has 0 N–H and O–H groups in total. The van der Waals surface area contributed by atoms with Crippen molar-refractivity contribution in [3.63, 3.8) is 0 Å². The van der Waals surface area contributed by atoms with E-state index in [4.69, 9.17) is 69.6 Å². The van der Waals surface area contributed by atoms with Gasteiger partial charge in [0.2, 0.25) is 0 Å². The number of hydrogen-bond acceptors (Lipinski definition) is 0. The molecule has 0 heterocycles. The third kappa shape index (κ3) is 11.0. The smallest absolute Gasteiger partial charge is 0.0842 e. The van der Waals surface area contributed by atoms with Gasteiger partial charge in [-0.2, -0.15) is 0 Å². The number of halogens is 6. The molecule has 0 aromatic heterocycles. The van der Waals surface area contributed by atoms with Gasteiger partial charge in [0.05, 0.1) is 0 Å². The minimum atomic E-state index is -1.08. The molecule has 0 amide bonds. The van der Waals surface area contributed by atoms with Gasteiger partial charge in [0.1, 0.15) is 0 Å². The molecule has 0 nitrogen and oxygen atoms in total. The molecule has 1 rings (SSSR count). The van der Waals surface area contributed by atoms with Gasteiger partial charge in [-0.15, -0.1) is 0 Å². The van der Waals surface area contributed by atoms with E-state index < -0.39 is 3.79 Å². The molecule has 80 valence electrons. The topological polar surface area (TPSA) is 0 Å². The molecule has 0 atom stereocenters. The lowest BCUT2D eigenvalue weighted by Crippen LogP contribution is -1.87. The summed E-state index contributed by atoms with van der Waals surface area (Å²) in [6.07, 6.45) is 0. The number of rotatable bonds is 0. The highest BCUT2D eigenvalue weighted by atomic mass is 35.6. The highest BCUT2D eigenvalue weighted by Gasteiger charge is 2.07. The molecule has 0 aliphatic rings. The summed E-state index contributed by atoms with van der Waals surface area (Å²) in [5.74, 6) is 0. The van der Waals surface area contributed by atoms with Crippen molar-refractivity contribution in [3.8, 4) is 0 Å². The van der Waals surface area contributed by atoms with Gasteiger partial charge >= 0.3 is 0 Å². The Morgan fingerprint density at radius 1 is 0.786 bits per heavy atom. The first kappa shape index (κ1) is 15.0. The Kier molecular flexibility index (Phi) is 6.97. The zero-order chi connectivity index (χ0) is 11.4. The molecule has 0 saturated carbocycles. The molecule has 0 radical (unpaired) electrons. The highest BCUT2D eigenvalue weighted by Crippen LogP contribution is 2.23. The molecule has 0 unspecified atom stereocenters. The van der Waals surface area contributed by atoms with Crippen molar-refractivity contribution < 1.29 is 0 Å². The first-order chi connectivity index (χ1) is 6.18. The molecular weight excluding hydrogens is 309 g/mol. The van der Waals surface area contributed by atoms with Crippen LogP contribution in [-0.4, -0.2) is 3.79 Å². The summed E-state index contributed by atoms with van der Waals surface area (Å²) in [6.45, 7) is 1.48. The second-order valence-electron chi connectivity index (χ2n) is 2.37. The lowest BCUT2D eigenvalue weighted by Gasteiger charge is -1.94. The lowest BCUT2D eigenvalue weighted by atomic mass is 10.4. The maximum Gasteiger partial charge on any atom is 0.187 e. The largest absolute Gasteiger partial charge is 0.187 e. The zero-order valence-corrected chi connectivity index (χ0v) is 11.5. The Hall–Kier alpha value is 0.960. The second-order valence-corrected chi connectivity index (χ2v) is 6.53. The van der Waals surface area contributed by atoms with Crippen molar-refractivity contribution in [1.82, 2.24) is 0 Å². The Bertz CT molecular complexity index is 234. The van der Waals surface area contributed by atoms with Gasteiger partial charge < -0.3 is 0 Å². The van der Waals surface area contributed by atoms with Crippen molar-refractivity contribution >= 4 is 69.6 Å². The SMILES string of the molecule is CC(Cl)(Cl)Cl.Clc1cc(Cl)cc(Cl)c1. The normalized spacial score (nSPS) is 10.5. The van der Waals surface area contributed by atoms with E-state index in [1.165, 1.54) is 6.92 Å². The van der Waals surface area contributed by atoms with Gasteiger partial charge in [0, 0.05) is 15.1 Å². The summed E-state index contributed by atoms with van der Waals surface area (Å²) in [6, 6.07) is 4.90. The molecule has 1 aromatic carbocycles. The number of benzene rings is 1. The van der Waals surface area contributed by atoms with Crippen molar-refractivity contribution in [1.29, 1.82) is 0 Å². The zero-order valence-electron chi connectivity index (χ0n) is 7.00. The van der Waals surface area contributed by atoms with Crippen LogP contribution in [-0.2, 0) is 0 Å². The fourth-order valence-electron chi connectivity index (χ4n) is 0.520. The maximum absolute atomic E-state index is 5.58. The van der Waals surface area contributed by atoms with Crippen molar-refractivity contribution in [3.05, 3.63) is 33.3 Å². The third-order valence-corrected chi connectivity index (χ3v) is 1.48. The molecule has 0 aliphatic heterocycles. The standard InChI is InChI=1S/C6H3Cl3.C2H3Cl3/c7-4-1-5(8)3-6(9)2-4;1-2(3,4)5/h1-3H;1H3. The fourth-order valence-corrected chi connectivity index (χ4v) is 1.39. The van der Waals surface area contributed by atoms with E-state index in [9.17, 15) is 0 Å². The fraction of sp³-hybridized carbons (Fsp3) is 0.250. The average molecular weight is 315 g/mol. The van der Waals surface area contributed by atoms with Gasteiger partial charge in [-0.1, -0.05) is 69.6 Å². The Balaban J connectivity index is 0.000000292. The van der Waals surface area contributed by atoms with Crippen molar-refractivity contribution in [2.24, 2.45) is 0 Å². The molecule has 0 fully saturated rings. The van der Waals surface area contributed by atoms with Gasteiger partial charge in [0.15, 0.2) is 3.79 Å². The predicted octanol–water partition coefficient (Wildman–Crippen LogP) is 6.02. The van der Waals surface area contributed by atoms with Gasteiger partial charge in [-0.25, -0.2) is 0 Å². The summed E-state index contributed by atoms with van der Waals surface area (Å²) < 4.78 is -1.08. The quantitative estimate of drug-likeness (QED) is 0.513. The maximum atomic E-state index is 5.58. The molecule has 0 spiro atoms. The van der Waals surface area contributed by atoms with E-state index in [-0.39, 0.29) is 0 Å². The molecule has 6 heteroatoms. The van der Waals surface area contributed by atoms with Crippen LogP contribution in [0.25, 0.3) is 0 Å². The van der Waals surface area contributed by atoms with Crippen LogP contribution in [0.3, 0.4) is 0 Å². The van der Waals surface area contributed by atoms with Crippen LogP contribution in [0.2, 0.25) is 15.1 Å². The van der Waals surface area contributed by atoms with E-state index in [1.807, 2.05) is 0 Å². The second kappa shape index (κ2) is 6.52. The van der Waals surface area contributed by atoms with Crippen LogP contribution in [0.5, 0.6) is 0 Å². The van der Waals surface area contributed by atoms with Gasteiger partial charge in [0.25, 0.3) is 0 Å². The average Bonchev–Trinajstić information content (AvgIpc) is 1.77. The molecule has 0 bridgehead atoms.